The molecule has 0 aliphatic heterocycles. The van der Waals surface area contributed by atoms with Gasteiger partial charge in [-0.15, -0.1) is 0 Å². The van der Waals surface area contributed by atoms with Gasteiger partial charge in [0.15, 0.2) is 0 Å². The largest absolute Gasteiger partial charge is 0.326 e. The van der Waals surface area contributed by atoms with E-state index in [1.807, 2.05) is 6.07 Å². The first-order valence-corrected chi connectivity index (χ1v) is 8.55. The van der Waals surface area contributed by atoms with Gasteiger partial charge in [-0.2, -0.15) is 0 Å². The maximum Gasteiger partial charge on any atom is 0.240 e. The van der Waals surface area contributed by atoms with Crippen LogP contribution < -0.4 is 10.5 Å². The van der Waals surface area contributed by atoms with Crippen molar-refractivity contribution < 1.29 is 8.42 Å². The Kier molecular flexibility index (Phi) is 6.17. The maximum absolute atomic E-state index is 12.3. The first kappa shape index (κ1) is 17.1. The molecule has 0 atom stereocenters. The lowest BCUT2D eigenvalue weighted by molar-refractivity contribution is 0.289. The van der Waals surface area contributed by atoms with Crippen LogP contribution in [0.5, 0.6) is 0 Å². The number of hydrogen-bond acceptors (Lipinski definition) is 3. The van der Waals surface area contributed by atoms with Gasteiger partial charge in [-0.3, -0.25) is 0 Å². The van der Waals surface area contributed by atoms with Gasteiger partial charge in [0.25, 0.3) is 0 Å². The van der Waals surface area contributed by atoms with Crippen LogP contribution in [0.15, 0.2) is 29.2 Å². The standard InChI is InChI=1S/C15H26N2O2S/c1-11(2)15(12(3)4)10-17-20(18,19)14-7-5-6-13(8-14)9-16/h5-8,11-12,15,17H,9-10,16H2,1-4H3. The summed E-state index contributed by atoms with van der Waals surface area (Å²) in [5.74, 6) is 1.20. The predicted molar refractivity (Wildman–Crippen MR) is 82.7 cm³/mol. The zero-order valence-electron chi connectivity index (χ0n) is 12.8. The second kappa shape index (κ2) is 7.20. The van der Waals surface area contributed by atoms with Crippen molar-refractivity contribution in [2.45, 2.75) is 39.1 Å². The lowest BCUT2D eigenvalue weighted by Gasteiger charge is -2.25. The molecule has 5 heteroatoms. The van der Waals surface area contributed by atoms with Crippen molar-refractivity contribution in [2.75, 3.05) is 6.54 Å². The van der Waals surface area contributed by atoms with E-state index in [2.05, 4.69) is 32.4 Å². The molecule has 0 saturated carbocycles. The van der Waals surface area contributed by atoms with E-state index in [0.717, 1.165) is 5.56 Å². The highest BCUT2D eigenvalue weighted by Gasteiger charge is 2.21. The van der Waals surface area contributed by atoms with Gasteiger partial charge < -0.3 is 5.73 Å². The van der Waals surface area contributed by atoms with E-state index in [9.17, 15) is 8.42 Å². The predicted octanol–water partition coefficient (Wildman–Crippen LogP) is 2.35. The number of hydrogen-bond donors (Lipinski definition) is 2. The minimum Gasteiger partial charge on any atom is -0.326 e. The fourth-order valence-corrected chi connectivity index (χ4v) is 3.51. The van der Waals surface area contributed by atoms with Gasteiger partial charge in [-0.05, 0) is 35.4 Å². The summed E-state index contributed by atoms with van der Waals surface area (Å²) in [6.45, 7) is 9.28. The molecule has 0 saturated heterocycles. The second-order valence-electron chi connectivity index (χ2n) is 5.86. The smallest absolute Gasteiger partial charge is 0.240 e. The molecule has 0 amide bonds. The summed E-state index contributed by atoms with van der Waals surface area (Å²) in [5, 5.41) is 0. The summed E-state index contributed by atoms with van der Waals surface area (Å²) >= 11 is 0. The molecule has 3 N–H and O–H groups in total. The molecule has 20 heavy (non-hydrogen) atoms. The molecule has 0 aromatic heterocycles. The van der Waals surface area contributed by atoms with Crippen molar-refractivity contribution in [1.82, 2.24) is 4.72 Å². The molecule has 114 valence electrons. The lowest BCUT2D eigenvalue weighted by atomic mass is 9.86. The highest BCUT2D eigenvalue weighted by Crippen LogP contribution is 2.20. The van der Waals surface area contributed by atoms with Crippen molar-refractivity contribution in [1.29, 1.82) is 0 Å². The summed E-state index contributed by atoms with van der Waals surface area (Å²) in [7, 11) is -3.46. The van der Waals surface area contributed by atoms with E-state index in [-0.39, 0.29) is 4.90 Å². The molecule has 0 radical (unpaired) electrons. The second-order valence-corrected chi connectivity index (χ2v) is 7.62. The van der Waals surface area contributed by atoms with E-state index < -0.39 is 10.0 Å². The molecular formula is C15H26N2O2S. The van der Waals surface area contributed by atoms with Crippen LogP contribution in [0.1, 0.15) is 33.3 Å². The Morgan fingerprint density at radius 2 is 1.75 bits per heavy atom. The topological polar surface area (TPSA) is 72.2 Å². The quantitative estimate of drug-likeness (QED) is 0.811. The van der Waals surface area contributed by atoms with Crippen molar-refractivity contribution >= 4 is 10.0 Å². The third kappa shape index (κ3) is 4.58. The Morgan fingerprint density at radius 3 is 2.25 bits per heavy atom. The van der Waals surface area contributed by atoms with Gasteiger partial charge >= 0.3 is 0 Å². The van der Waals surface area contributed by atoms with Gasteiger partial charge in [0.2, 0.25) is 10.0 Å². The summed E-state index contributed by atoms with van der Waals surface area (Å²) in [6, 6.07) is 6.77. The van der Waals surface area contributed by atoms with E-state index in [1.54, 1.807) is 18.2 Å². The first-order chi connectivity index (χ1) is 9.27. The number of benzene rings is 1. The molecule has 0 spiro atoms. The molecule has 1 rings (SSSR count). The monoisotopic (exact) mass is 298 g/mol. The van der Waals surface area contributed by atoms with Gasteiger partial charge in [0.1, 0.15) is 0 Å². The zero-order valence-corrected chi connectivity index (χ0v) is 13.6. The Hall–Kier alpha value is -0.910. The molecule has 0 aliphatic rings. The van der Waals surface area contributed by atoms with E-state index >= 15 is 0 Å². The SMILES string of the molecule is CC(C)C(CNS(=O)(=O)c1cccc(CN)c1)C(C)C. The van der Waals surface area contributed by atoms with Crippen LogP contribution in [-0.2, 0) is 16.6 Å². The van der Waals surface area contributed by atoms with Gasteiger partial charge in [0.05, 0.1) is 4.90 Å². The number of rotatable bonds is 7. The fourth-order valence-electron chi connectivity index (χ4n) is 2.37. The van der Waals surface area contributed by atoms with Crippen LogP contribution >= 0.6 is 0 Å². The van der Waals surface area contributed by atoms with Crippen LogP contribution in [0.25, 0.3) is 0 Å². The van der Waals surface area contributed by atoms with Crippen molar-refractivity contribution in [3.05, 3.63) is 29.8 Å². The molecule has 0 fully saturated rings. The van der Waals surface area contributed by atoms with E-state index in [1.165, 1.54) is 0 Å². The average molecular weight is 298 g/mol. The minimum atomic E-state index is -3.46. The van der Waals surface area contributed by atoms with Crippen molar-refractivity contribution in [3.63, 3.8) is 0 Å². The Balaban J connectivity index is 2.84. The Bertz CT molecular complexity index is 516. The average Bonchev–Trinajstić information content (AvgIpc) is 2.38. The summed E-state index contributed by atoms with van der Waals surface area (Å²) in [6.07, 6.45) is 0. The molecule has 0 unspecified atom stereocenters. The molecule has 0 aliphatic carbocycles. The Labute approximate surface area is 122 Å². The summed E-state index contributed by atoms with van der Waals surface area (Å²) in [5.41, 5.74) is 6.37. The van der Waals surface area contributed by atoms with Crippen LogP contribution in [0, 0.1) is 17.8 Å². The molecule has 1 aromatic rings. The normalized spacial score (nSPS) is 12.6. The van der Waals surface area contributed by atoms with Crippen molar-refractivity contribution in [2.24, 2.45) is 23.5 Å². The highest BCUT2D eigenvalue weighted by atomic mass is 32.2. The number of nitrogens with one attached hydrogen (secondary N) is 1. The van der Waals surface area contributed by atoms with E-state index in [4.69, 9.17) is 5.73 Å². The highest BCUT2D eigenvalue weighted by molar-refractivity contribution is 7.89. The van der Waals surface area contributed by atoms with Gasteiger partial charge in [-0.25, -0.2) is 13.1 Å². The molecule has 0 bridgehead atoms. The van der Waals surface area contributed by atoms with Gasteiger partial charge in [-0.1, -0.05) is 39.8 Å². The Morgan fingerprint density at radius 1 is 1.15 bits per heavy atom. The first-order valence-electron chi connectivity index (χ1n) is 7.06. The maximum atomic E-state index is 12.3. The van der Waals surface area contributed by atoms with Crippen LogP contribution in [0.2, 0.25) is 0 Å². The van der Waals surface area contributed by atoms with Crippen LogP contribution in [0.4, 0.5) is 0 Å². The molecule has 4 nitrogen and oxygen atoms in total. The third-order valence-electron chi connectivity index (χ3n) is 3.67. The van der Waals surface area contributed by atoms with Crippen LogP contribution in [0.3, 0.4) is 0 Å². The van der Waals surface area contributed by atoms with E-state index in [0.29, 0.717) is 30.8 Å². The molecule has 1 aromatic carbocycles. The lowest BCUT2D eigenvalue weighted by Crippen LogP contribution is -2.34. The van der Waals surface area contributed by atoms with Crippen LogP contribution in [-0.4, -0.2) is 15.0 Å². The number of sulfonamides is 1. The van der Waals surface area contributed by atoms with Gasteiger partial charge in [0, 0.05) is 13.1 Å². The minimum absolute atomic E-state index is 0.284. The summed E-state index contributed by atoms with van der Waals surface area (Å²) < 4.78 is 27.3. The third-order valence-corrected chi connectivity index (χ3v) is 5.09. The fraction of sp³-hybridized carbons (Fsp3) is 0.600. The molecule has 0 heterocycles. The van der Waals surface area contributed by atoms with Crippen molar-refractivity contribution in [3.8, 4) is 0 Å². The summed E-state index contributed by atoms with van der Waals surface area (Å²) in [4.78, 5) is 0.284. The number of nitrogens with two attached hydrogens (primary N) is 1. The molecular weight excluding hydrogens is 272 g/mol. The zero-order chi connectivity index (χ0) is 15.3.